The Bertz CT molecular complexity index is 515. The summed E-state index contributed by atoms with van der Waals surface area (Å²) in [6, 6.07) is 0.368. The molecule has 0 bridgehead atoms. The predicted octanol–water partition coefficient (Wildman–Crippen LogP) is 2.21. The van der Waals surface area contributed by atoms with Crippen molar-refractivity contribution >= 4 is 5.91 Å². The number of carbonyl (C=O) groups is 1. The van der Waals surface area contributed by atoms with Crippen molar-refractivity contribution in [2.45, 2.75) is 64.3 Å². The smallest absolute Gasteiger partial charge is 0.273 e. The molecular formula is C17H29N5O. The van der Waals surface area contributed by atoms with E-state index in [0.29, 0.717) is 11.7 Å². The van der Waals surface area contributed by atoms with E-state index in [2.05, 4.69) is 20.9 Å². The molecule has 0 aromatic carbocycles. The molecule has 1 aliphatic carbocycles. The number of piperidine rings is 1. The molecule has 1 amide bonds. The standard InChI is InChI=1S/C17H29N5O/c1-13-16(20-21-22(13)15-8-10-18-11-9-15)17(23)19-12-7-14-5-3-2-4-6-14/h14-15,18H,2-12H2,1H3,(H,19,23). The van der Waals surface area contributed by atoms with Gasteiger partial charge in [0.25, 0.3) is 5.91 Å². The summed E-state index contributed by atoms with van der Waals surface area (Å²) in [7, 11) is 0. The summed E-state index contributed by atoms with van der Waals surface area (Å²) in [5.74, 6) is 0.717. The van der Waals surface area contributed by atoms with Gasteiger partial charge in [-0.25, -0.2) is 4.68 Å². The van der Waals surface area contributed by atoms with Gasteiger partial charge in [0.15, 0.2) is 5.69 Å². The van der Waals surface area contributed by atoms with E-state index in [1.54, 1.807) is 0 Å². The second-order valence-corrected chi connectivity index (χ2v) is 7.00. The Morgan fingerprint density at radius 1 is 1.22 bits per heavy atom. The zero-order valence-corrected chi connectivity index (χ0v) is 14.2. The third kappa shape index (κ3) is 4.10. The highest BCUT2D eigenvalue weighted by Crippen LogP contribution is 2.25. The molecule has 128 valence electrons. The number of nitrogens with zero attached hydrogens (tertiary/aromatic N) is 3. The van der Waals surface area contributed by atoms with Crippen LogP contribution in [0.25, 0.3) is 0 Å². The molecule has 23 heavy (non-hydrogen) atoms. The third-order valence-corrected chi connectivity index (χ3v) is 5.36. The normalized spacial score (nSPS) is 20.6. The van der Waals surface area contributed by atoms with Gasteiger partial charge in [-0.05, 0) is 45.2 Å². The van der Waals surface area contributed by atoms with E-state index >= 15 is 0 Å². The zero-order valence-electron chi connectivity index (χ0n) is 14.2. The Morgan fingerprint density at radius 2 is 1.96 bits per heavy atom. The number of rotatable bonds is 5. The van der Waals surface area contributed by atoms with Gasteiger partial charge in [0.05, 0.1) is 11.7 Å². The number of amides is 1. The van der Waals surface area contributed by atoms with Crippen LogP contribution in [0.5, 0.6) is 0 Å². The molecule has 6 heteroatoms. The highest BCUT2D eigenvalue weighted by atomic mass is 16.2. The first-order valence-electron chi connectivity index (χ1n) is 9.16. The number of hydrogen-bond donors (Lipinski definition) is 2. The zero-order chi connectivity index (χ0) is 16.1. The topological polar surface area (TPSA) is 71.8 Å². The molecular weight excluding hydrogens is 290 g/mol. The summed E-state index contributed by atoms with van der Waals surface area (Å²) in [6.07, 6.45) is 9.90. The van der Waals surface area contributed by atoms with Crippen molar-refractivity contribution < 1.29 is 4.79 Å². The second-order valence-electron chi connectivity index (χ2n) is 7.00. The predicted molar refractivity (Wildman–Crippen MR) is 89.4 cm³/mol. The lowest BCUT2D eigenvalue weighted by atomic mass is 9.87. The van der Waals surface area contributed by atoms with Gasteiger partial charge in [0, 0.05) is 6.54 Å². The van der Waals surface area contributed by atoms with Crippen molar-refractivity contribution in [3.8, 4) is 0 Å². The maximum absolute atomic E-state index is 12.4. The fraction of sp³-hybridized carbons (Fsp3) is 0.824. The van der Waals surface area contributed by atoms with E-state index in [1.165, 1.54) is 32.1 Å². The molecule has 0 spiro atoms. The van der Waals surface area contributed by atoms with Gasteiger partial charge in [-0.1, -0.05) is 37.3 Å². The molecule has 1 aromatic rings. The van der Waals surface area contributed by atoms with Gasteiger partial charge < -0.3 is 10.6 Å². The molecule has 0 unspecified atom stereocenters. The van der Waals surface area contributed by atoms with Crippen LogP contribution >= 0.6 is 0 Å². The molecule has 0 radical (unpaired) electrons. The van der Waals surface area contributed by atoms with E-state index in [0.717, 1.165) is 50.5 Å². The van der Waals surface area contributed by atoms with Crippen LogP contribution in [0.4, 0.5) is 0 Å². The SMILES string of the molecule is Cc1c(C(=O)NCCC2CCCCC2)nnn1C1CCNCC1. The number of hydrogen-bond acceptors (Lipinski definition) is 4. The van der Waals surface area contributed by atoms with Crippen LogP contribution in [0, 0.1) is 12.8 Å². The molecule has 1 aliphatic heterocycles. The Labute approximate surface area is 138 Å². The molecule has 1 saturated heterocycles. The first-order valence-corrected chi connectivity index (χ1v) is 9.16. The first-order chi connectivity index (χ1) is 11.3. The summed E-state index contributed by atoms with van der Waals surface area (Å²) in [4.78, 5) is 12.4. The van der Waals surface area contributed by atoms with Gasteiger partial charge >= 0.3 is 0 Å². The number of aromatic nitrogens is 3. The lowest BCUT2D eigenvalue weighted by Gasteiger charge is -2.23. The molecule has 0 atom stereocenters. The van der Waals surface area contributed by atoms with Crippen LogP contribution in [-0.4, -0.2) is 40.5 Å². The maximum atomic E-state index is 12.4. The average molecular weight is 319 g/mol. The molecule has 3 rings (SSSR count). The molecule has 1 saturated carbocycles. The second kappa shape index (κ2) is 7.90. The van der Waals surface area contributed by atoms with E-state index in [9.17, 15) is 4.79 Å². The largest absolute Gasteiger partial charge is 0.351 e. The summed E-state index contributed by atoms with van der Waals surface area (Å²) in [5.41, 5.74) is 1.39. The molecule has 1 aromatic heterocycles. The summed E-state index contributed by atoms with van der Waals surface area (Å²) in [6.45, 7) is 4.72. The van der Waals surface area contributed by atoms with E-state index in [-0.39, 0.29) is 5.91 Å². The number of carbonyl (C=O) groups excluding carboxylic acids is 1. The highest BCUT2D eigenvalue weighted by molar-refractivity contribution is 5.93. The van der Waals surface area contributed by atoms with Gasteiger partial charge in [-0.15, -0.1) is 5.10 Å². The van der Waals surface area contributed by atoms with Gasteiger partial charge in [-0.3, -0.25) is 4.79 Å². The van der Waals surface area contributed by atoms with E-state index in [1.807, 2.05) is 11.6 Å². The molecule has 2 N–H and O–H groups in total. The van der Waals surface area contributed by atoms with Gasteiger partial charge in [0.1, 0.15) is 0 Å². The summed E-state index contributed by atoms with van der Waals surface area (Å²) in [5, 5.41) is 14.8. The minimum absolute atomic E-state index is 0.0708. The first kappa shape index (κ1) is 16.4. The quantitative estimate of drug-likeness (QED) is 0.873. The van der Waals surface area contributed by atoms with Crippen LogP contribution in [-0.2, 0) is 0 Å². The Hall–Kier alpha value is -1.43. The van der Waals surface area contributed by atoms with Crippen LogP contribution in [0.3, 0.4) is 0 Å². The van der Waals surface area contributed by atoms with Crippen LogP contribution in [0.15, 0.2) is 0 Å². The number of nitrogens with one attached hydrogen (secondary N) is 2. The van der Waals surface area contributed by atoms with Crippen molar-refractivity contribution in [3.05, 3.63) is 11.4 Å². The van der Waals surface area contributed by atoms with Crippen LogP contribution in [0.2, 0.25) is 0 Å². The molecule has 6 nitrogen and oxygen atoms in total. The summed E-state index contributed by atoms with van der Waals surface area (Å²) >= 11 is 0. The van der Waals surface area contributed by atoms with Crippen molar-refractivity contribution in [1.82, 2.24) is 25.6 Å². The minimum Gasteiger partial charge on any atom is -0.351 e. The van der Waals surface area contributed by atoms with Crippen molar-refractivity contribution in [3.63, 3.8) is 0 Å². The van der Waals surface area contributed by atoms with Crippen molar-refractivity contribution in [2.24, 2.45) is 5.92 Å². The van der Waals surface area contributed by atoms with Gasteiger partial charge in [-0.2, -0.15) is 0 Å². The maximum Gasteiger partial charge on any atom is 0.273 e. The molecule has 2 aliphatic rings. The Kier molecular flexibility index (Phi) is 5.65. The monoisotopic (exact) mass is 319 g/mol. The van der Waals surface area contributed by atoms with Gasteiger partial charge in [0.2, 0.25) is 0 Å². The molecule has 2 heterocycles. The van der Waals surface area contributed by atoms with Crippen molar-refractivity contribution in [1.29, 1.82) is 0 Å². The van der Waals surface area contributed by atoms with Crippen LogP contribution in [0.1, 0.15) is 73.6 Å². The Balaban J connectivity index is 1.51. The average Bonchev–Trinajstić information content (AvgIpc) is 2.98. The lowest BCUT2D eigenvalue weighted by Crippen LogP contribution is -2.30. The van der Waals surface area contributed by atoms with E-state index in [4.69, 9.17) is 0 Å². The third-order valence-electron chi connectivity index (χ3n) is 5.36. The summed E-state index contributed by atoms with van der Waals surface area (Å²) < 4.78 is 1.94. The van der Waals surface area contributed by atoms with Crippen LogP contribution < -0.4 is 10.6 Å². The Morgan fingerprint density at radius 3 is 2.70 bits per heavy atom. The fourth-order valence-corrected chi connectivity index (χ4v) is 3.90. The minimum atomic E-state index is -0.0708. The fourth-order valence-electron chi connectivity index (χ4n) is 3.90. The van der Waals surface area contributed by atoms with E-state index < -0.39 is 0 Å². The lowest BCUT2D eigenvalue weighted by molar-refractivity contribution is 0.0944. The highest BCUT2D eigenvalue weighted by Gasteiger charge is 2.23. The van der Waals surface area contributed by atoms with Crippen molar-refractivity contribution in [2.75, 3.05) is 19.6 Å². The molecule has 2 fully saturated rings.